The Morgan fingerprint density at radius 3 is 2.19 bits per heavy atom. The van der Waals surface area contributed by atoms with Crippen LogP contribution in [-0.2, 0) is 15.0 Å². The van der Waals surface area contributed by atoms with Gasteiger partial charge in [-0.3, -0.25) is 9.59 Å². The maximum atomic E-state index is 13.3. The standard InChI is InChI=1S/C28H35ClN4O2S/c1-27(2,3)25(35)33-17-15-32(16-18-33)23-12-11-21(19-22(23)29)30-26(36)31-24(34)28(13-7-8-14-28)20-9-5-4-6-10-20/h4-6,9-12,19H,7-8,13-18H2,1-3H3,(H2,30,31,34,36). The van der Waals surface area contributed by atoms with Crippen LogP contribution in [0.4, 0.5) is 11.4 Å². The average molecular weight is 527 g/mol. The van der Waals surface area contributed by atoms with E-state index < -0.39 is 5.41 Å². The zero-order valence-electron chi connectivity index (χ0n) is 21.3. The van der Waals surface area contributed by atoms with Gasteiger partial charge in [-0.15, -0.1) is 0 Å². The van der Waals surface area contributed by atoms with Crippen molar-refractivity contribution in [3.63, 3.8) is 0 Å². The molecule has 1 aliphatic carbocycles. The van der Waals surface area contributed by atoms with Gasteiger partial charge < -0.3 is 20.4 Å². The first-order chi connectivity index (χ1) is 17.1. The molecule has 0 spiro atoms. The maximum Gasteiger partial charge on any atom is 0.236 e. The molecule has 2 amide bonds. The molecule has 192 valence electrons. The summed E-state index contributed by atoms with van der Waals surface area (Å²) in [5.74, 6) is 0.115. The van der Waals surface area contributed by atoms with Crippen LogP contribution in [0.15, 0.2) is 48.5 Å². The van der Waals surface area contributed by atoms with Crippen LogP contribution in [0.25, 0.3) is 0 Å². The van der Waals surface area contributed by atoms with Crippen molar-refractivity contribution in [3.05, 3.63) is 59.1 Å². The molecule has 0 bridgehead atoms. The Labute approximate surface area is 224 Å². The van der Waals surface area contributed by atoms with Crippen LogP contribution in [0.5, 0.6) is 0 Å². The fraction of sp³-hybridized carbons (Fsp3) is 0.464. The fourth-order valence-electron chi connectivity index (χ4n) is 5.23. The summed E-state index contributed by atoms with van der Waals surface area (Å²) in [4.78, 5) is 30.0. The van der Waals surface area contributed by atoms with E-state index in [9.17, 15) is 9.59 Å². The Hall–Kier alpha value is -2.64. The van der Waals surface area contributed by atoms with Gasteiger partial charge in [0.05, 0.1) is 16.1 Å². The van der Waals surface area contributed by atoms with E-state index in [2.05, 4.69) is 15.5 Å². The lowest BCUT2D eigenvalue weighted by molar-refractivity contribution is -0.139. The molecule has 1 aliphatic heterocycles. The van der Waals surface area contributed by atoms with E-state index in [1.807, 2.05) is 74.2 Å². The first-order valence-corrected chi connectivity index (χ1v) is 13.4. The van der Waals surface area contributed by atoms with Crippen LogP contribution < -0.4 is 15.5 Å². The van der Waals surface area contributed by atoms with Crippen molar-refractivity contribution in [2.24, 2.45) is 5.41 Å². The van der Waals surface area contributed by atoms with Crippen molar-refractivity contribution in [2.45, 2.75) is 51.9 Å². The van der Waals surface area contributed by atoms with Crippen molar-refractivity contribution in [1.82, 2.24) is 10.2 Å². The molecule has 2 fully saturated rings. The van der Waals surface area contributed by atoms with Crippen molar-refractivity contribution >= 4 is 52.1 Å². The Morgan fingerprint density at radius 1 is 0.972 bits per heavy atom. The minimum absolute atomic E-state index is 0.0610. The number of thiocarbonyl (C=S) groups is 1. The molecule has 0 atom stereocenters. The summed E-state index contributed by atoms with van der Waals surface area (Å²) in [6.07, 6.45) is 3.69. The average Bonchev–Trinajstić information content (AvgIpc) is 3.35. The molecular formula is C28H35ClN4O2S. The van der Waals surface area contributed by atoms with Gasteiger partial charge in [-0.05, 0) is 48.8 Å². The van der Waals surface area contributed by atoms with Gasteiger partial charge in [0.15, 0.2) is 5.11 Å². The van der Waals surface area contributed by atoms with Gasteiger partial charge in [0.1, 0.15) is 0 Å². The third-order valence-corrected chi connectivity index (χ3v) is 7.71. The molecule has 4 rings (SSSR count). The van der Waals surface area contributed by atoms with Crippen LogP contribution in [0, 0.1) is 5.41 Å². The molecule has 1 saturated heterocycles. The number of hydrogen-bond donors (Lipinski definition) is 2. The highest BCUT2D eigenvalue weighted by Crippen LogP contribution is 2.41. The second-order valence-corrected chi connectivity index (χ2v) is 11.6. The van der Waals surface area contributed by atoms with E-state index in [0.717, 1.165) is 55.7 Å². The van der Waals surface area contributed by atoms with Crippen molar-refractivity contribution in [2.75, 3.05) is 36.4 Å². The second-order valence-electron chi connectivity index (χ2n) is 10.8. The summed E-state index contributed by atoms with van der Waals surface area (Å²) >= 11 is 12.1. The van der Waals surface area contributed by atoms with Crippen LogP contribution in [0.1, 0.15) is 52.0 Å². The highest BCUT2D eigenvalue weighted by molar-refractivity contribution is 7.80. The molecule has 1 saturated carbocycles. The van der Waals surface area contributed by atoms with Crippen LogP contribution >= 0.6 is 23.8 Å². The van der Waals surface area contributed by atoms with E-state index >= 15 is 0 Å². The number of nitrogens with one attached hydrogen (secondary N) is 2. The third kappa shape index (κ3) is 5.68. The number of amides is 2. The number of hydrogen-bond acceptors (Lipinski definition) is 4. The van der Waals surface area contributed by atoms with Crippen LogP contribution in [-0.4, -0.2) is 48.0 Å². The second kappa shape index (κ2) is 10.8. The van der Waals surface area contributed by atoms with Gasteiger partial charge >= 0.3 is 0 Å². The fourth-order valence-corrected chi connectivity index (χ4v) is 5.74. The van der Waals surface area contributed by atoms with Gasteiger partial charge in [-0.25, -0.2) is 0 Å². The number of carbonyl (C=O) groups is 2. The summed E-state index contributed by atoms with van der Waals surface area (Å²) in [6, 6.07) is 15.7. The molecule has 36 heavy (non-hydrogen) atoms. The first-order valence-electron chi connectivity index (χ1n) is 12.6. The van der Waals surface area contributed by atoms with Gasteiger partial charge in [-0.2, -0.15) is 0 Å². The zero-order valence-corrected chi connectivity index (χ0v) is 22.8. The predicted molar refractivity (Wildman–Crippen MR) is 151 cm³/mol. The Kier molecular flexibility index (Phi) is 7.90. The number of halogens is 1. The number of benzene rings is 2. The summed E-state index contributed by atoms with van der Waals surface area (Å²) in [7, 11) is 0. The van der Waals surface area contributed by atoms with Crippen molar-refractivity contribution < 1.29 is 9.59 Å². The maximum absolute atomic E-state index is 13.3. The van der Waals surface area contributed by atoms with E-state index in [0.29, 0.717) is 18.1 Å². The van der Waals surface area contributed by atoms with Gasteiger partial charge in [0.2, 0.25) is 11.8 Å². The van der Waals surface area contributed by atoms with E-state index in [1.54, 1.807) is 0 Å². The third-order valence-electron chi connectivity index (χ3n) is 7.20. The van der Waals surface area contributed by atoms with Crippen molar-refractivity contribution in [3.8, 4) is 0 Å². The highest BCUT2D eigenvalue weighted by atomic mass is 35.5. The molecule has 0 unspecified atom stereocenters. The number of anilines is 2. The summed E-state index contributed by atoms with van der Waals surface area (Å²) in [5, 5.41) is 6.91. The van der Waals surface area contributed by atoms with E-state index in [4.69, 9.17) is 23.8 Å². The minimum Gasteiger partial charge on any atom is -0.367 e. The molecule has 2 aromatic rings. The smallest absolute Gasteiger partial charge is 0.236 e. The molecule has 0 radical (unpaired) electrons. The quantitative estimate of drug-likeness (QED) is 0.525. The van der Waals surface area contributed by atoms with E-state index in [1.165, 1.54) is 0 Å². The molecule has 2 N–H and O–H groups in total. The lowest BCUT2D eigenvalue weighted by Gasteiger charge is -2.39. The van der Waals surface area contributed by atoms with Gasteiger partial charge in [-0.1, -0.05) is 75.5 Å². The largest absolute Gasteiger partial charge is 0.367 e. The number of piperazine rings is 1. The number of rotatable bonds is 4. The summed E-state index contributed by atoms with van der Waals surface area (Å²) in [6.45, 7) is 8.65. The Bertz CT molecular complexity index is 1120. The Balaban J connectivity index is 1.37. The van der Waals surface area contributed by atoms with Gasteiger partial charge in [0, 0.05) is 37.3 Å². The first kappa shape index (κ1) is 26.4. The highest BCUT2D eigenvalue weighted by Gasteiger charge is 2.42. The normalized spacial score (nSPS) is 17.6. The summed E-state index contributed by atoms with van der Waals surface area (Å²) < 4.78 is 0. The molecule has 2 aromatic carbocycles. The monoisotopic (exact) mass is 526 g/mol. The van der Waals surface area contributed by atoms with Gasteiger partial charge in [0.25, 0.3) is 0 Å². The lowest BCUT2D eigenvalue weighted by atomic mass is 9.78. The molecule has 1 heterocycles. The van der Waals surface area contributed by atoms with Crippen LogP contribution in [0.3, 0.4) is 0 Å². The number of nitrogens with zero attached hydrogens (tertiary/aromatic N) is 2. The molecule has 2 aliphatic rings. The molecule has 0 aromatic heterocycles. The lowest BCUT2D eigenvalue weighted by Crippen LogP contribution is -2.51. The minimum atomic E-state index is -0.537. The molecule has 8 heteroatoms. The summed E-state index contributed by atoms with van der Waals surface area (Å²) in [5.41, 5.74) is 1.77. The topological polar surface area (TPSA) is 64.7 Å². The molecular weight excluding hydrogens is 492 g/mol. The van der Waals surface area contributed by atoms with E-state index in [-0.39, 0.29) is 22.3 Å². The number of carbonyl (C=O) groups excluding carboxylic acids is 2. The molecule has 6 nitrogen and oxygen atoms in total. The predicted octanol–water partition coefficient (Wildman–Crippen LogP) is 5.36. The Morgan fingerprint density at radius 2 is 1.61 bits per heavy atom. The van der Waals surface area contributed by atoms with Crippen molar-refractivity contribution in [1.29, 1.82) is 0 Å². The SMILES string of the molecule is CC(C)(C)C(=O)N1CCN(c2ccc(NC(=S)NC(=O)C3(c4ccccc4)CCCC3)cc2Cl)CC1. The zero-order chi connectivity index (χ0) is 25.9. The van der Waals surface area contributed by atoms with Crippen LogP contribution in [0.2, 0.25) is 5.02 Å².